The Labute approximate surface area is 112 Å². The van der Waals surface area contributed by atoms with Gasteiger partial charge in [-0.3, -0.25) is 4.79 Å². The van der Waals surface area contributed by atoms with Gasteiger partial charge in [0.1, 0.15) is 6.04 Å². The van der Waals surface area contributed by atoms with Gasteiger partial charge in [-0.2, -0.15) is 0 Å². The normalized spacial score (nSPS) is 11.9. The Morgan fingerprint density at radius 2 is 2.05 bits per heavy atom. The first-order chi connectivity index (χ1) is 9.08. The number of carbonyl (C=O) groups is 1. The van der Waals surface area contributed by atoms with E-state index in [0.717, 1.165) is 5.56 Å². The van der Waals surface area contributed by atoms with Crippen molar-refractivity contribution < 1.29 is 19.4 Å². The second-order valence-corrected chi connectivity index (χ2v) is 4.10. The molecular formula is C13H20N2O4. The smallest absolute Gasteiger partial charge is 0.320 e. The Bertz CT molecular complexity index is 423. The van der Waals surface area contributed by atoms with Crippen molar-refractivity contribution in [1.29, 1.82) is 0 Å². The van der Waals surface area contributed by atoms with Crippen LogP contribution in [0.1, 0.15) is 12.0 Å². The minimum atomic E-state index is -0.979. The predicted octanol–water partition coefficient (Wildman–Crippen LogP) is 0.595. The van der Waals surface area contributed by atoms with Crippen molar-refractivity contribution in [2.24, 2.45) is 5.73 Å². The maximum atomic E-state index is 10.5. The van der Waals surface area contributed by atoms with E-state index in [4.69, 9.17) is 20.3 Å². The molecule has 0 saturated carbocycles. The summed E-state index contributed by atoms with van der Waals surface area (Å²) in [5.41, 5.74) is 6.43. The molecule has 6 heteroatoms. The van der Waals surface area contributed by atoms with Crippen LogP contribution in [0, 0.1) is 0 Å². The first kappa shape index (κ1) is 15.3. The summed E-state index contributed by atoms with van der Waals surface area (Å²) >= 11 is 0. The third kappa shape index (κ3) is 4.76. The van der Waals surface area contributed by atoms with Gasteiger partial charge in [-0.05, 0) is 30.7 Å². The van der Waals surface area contributed by atoms with Crippen LogP contribution in [-0.4, -0.2) is 37.9 Å². The molecule has 0 heterocycles. The molecule has 0 spiro atoms. The van der Waals surface area contributed by atoms with Crippen molar-refractivity contribution in [2.45, 2.75) is 19.0 Å². The van der Waals surface area contributed by atoms with E-state index < -0.39 is 12.0 Å². The van der Waals surface area contributed by atoms with Crippen LogP contribution < -0.4 is 20.5 Å². The van der Waals surface area contributed by atoms with Gasteiger partial charge in [-0.1, -0.05) is 6.07 Å². The van der Waals surface area contributed by atoms with Crippen molar-refractivity contribution in [3.05, 3.63) is 23.8 Å². The number of aliphatic carboxylic acids is 1. The third-order valence-electron chi connectivity index (χ3n) is 2.73. The SMILES string of the molecule is COc1ccc(CNCCC(N)C(=O)O)cc1OC. The van der Waals surface area contributed by atoms with E-state index in [1.54, 1.807) is 14.2 Å². The molecule has 0 aliphatic heterocycles. The van der Waals surface area contributed by atoms with Crippen LogP contribution in [-0.2, 0) is 11.3 Å². The second kappa shape index (κ2) is 7.60. The molecule has 0 aromatic heterocycles. The number of carboxylic acid groups (broad SMARTS) is 1. The lowest BCUT2D eigenvalue weighted by molar-refractivity contribution is -0.138. The van der Waals surface area contributed by atoms with Gasteiger partial charge in [-0.15, -0.1) is 0 Å². The second-order valence-electron chi connectivity index (χ2n) is 4.10. The number of rotatable bonds is 8. The van der Waals surface area contributed by atoms with Gasteiger partial charge in [0.15, 0.2) is 11.5 Å². The molecule has 0 aliphatic rings. The standard InChI is InChI=1S/C13H20N2O4/c1-18-11-4-3-9(7-12(11)19-2)8-15-6-5-10(14)13(16)17/h3-4,7,10,15H,5-6,8,14H2,1-2H3,(H,16,17). The zero-order valence-electron chi connectivity index (χ0n) is 11.2. The van der Waals surface area contributed by atoms with Crippen molar-refractivity contribution in [1.82, 2.24) is 5.32 Å². The van der Waals surface area contributed by atoms with E-state index in [2.05, 4.69) is 5.32 Å². The van der Waals surface area contributed by atoms with Crippen molar-refractivity contribution in [2.75, 3.05) is 20.8 Å². The fourth-order valence-corrected chi connectivity index (χ4v) is 1.60. The molecule has 1 unspecified atom stereocenters. The van der Waals surface area contributed by atoms with E-state index >= 15 is 0 Å². The molecule has 0 bridgehead atoms. The highest BCUT2D eigenvalue weighted by atomic mass is 16.5. The Kier molecular flexibility index (Phi) is 6.11. The summed E-state index contributed by atoms with van der Waals surface area (Å²) in [6.07, 6.45) is 0.391. The monoisotopic (exact) mass is 268 g/mol. The van der Waals surface area contributed by atoms with E-state index in [-0.39, 0.29) is 0 Å². The number of hydrogen-bond donors (Lipinski definition) is 3. The van der Waals surface area contributed by atoms with Crippen LogP contribution in [0.4, 0.5) is 0 Å². The highest BCUT2D eigenvalue weighted by molar-refractivity contribution is 5.72. The molecular weight excluding hydrogens is 248 g/mol. The van der Waals surface area contributed by atoms with E-state index in [9.17, 15) is 4.79 Å². The Balaban J connectivity index is 2.43. The minimum Gasteiger partial charge on any atom is -0.493 e. The zero-order chi connectivity index (χ0) is 14.3. The van der Waals surface area contributed by atoms with Gasteiger partial charge in [0.25, 0.3) is 0 Å². The molecule has 1 aromatic rings. The van der Waals surface area contributed by atoms with E-state index in [0.29, 0.717) is 31.0 Å². The van der Waals surface area contributed by atoms with Crippen molar-refractivity contribution in [3.8, 4) is 11.5 Å². The third-order valence-corrected chi connectivity index (χ3v) is 2.73. The molecule has 1 atom stereocenters. The highest BCUT2D eigenvalue weighted by Crippen LogP contribution is 2.27. The average molecular weight is 268 g/mol. The molecule has 0 radical (unpaired) electrons. The Hall–Kier alpha value is -1.79. The number of nitrogens with two attached hydrogens (primary N) is 1. The van der Waals surface area contributed by atoms with Crippen LogP contribution in [0.2, 0.25) is 0 Å². The lowest BCUT2D eigenvalue weighted by Crippen LogP contribution is -2.33. The molecule has 1 rings (SSSR count). The van der Waals surface area contributed by atoms with Crippen molar-refractivity contribution in [3.63, 3.8) is 0 Å². The summed E-state index contributed by atoms with van der Waals surface area (Å²) in [5, 5.41) is 11.8. The van der Waals surface area contributed by atoms with Crippen LogP contribution in [0.3, 0.4) is 0 Å². The first-order valence-electron chi connectivity index (χ1n) is 5.98. The summed E-state index contributed by atoms with van der Waals surface area (Å²) in [6.45, 7) is 1.16. The zero-order valence-corrected chi connectivity index (χ0v) is 11.2. The highest BCUT2D eigenvalue weighted by Gasteiger charge is 2.10. The van der Waals surface area contributed by atoms with E-state index in [1.807, 2.05) is 18.2 Å². The van der Waals surface area contributed by atoms with Gasteiger partial charge >= 0.3 is 5.97 Å². The number of hydrogen-bond acceptors (Lipinski definition) is 5. The quantitative estimate of drug-likeness (QED) is 0.598. The van der Waals surface area contributed by atoms with Crippen molar-refractivity contribution >= 4 is 5.97 Å². The fourth-order valence-electron chi connectivity index (χ4n) is 1.60. The number of ether oxygens (including phenoxy) is 2. The molecule has 0 aliphatic carbocycles. The molecule has 0 saturated heterocycles. The van der Waals surface area contributed by atoms with Gasteiger partial charge in [0, 0.05) is 6.54 Å². The number of nitrogens with one attached hydrogen (secondary N) is 1. The lowest BCUT2D eigenvalue weighted by Gasteiger charge is -2.11. The van der Waals surface area contributed by atoms with Gasteiger partial charge in [-0.25, -0.2) is 0 Å². The van der Waals surface area contributed by atoms with Crippen LogP contribution in [0.25, 0.3) is 0 Å². The summed E-state index contributed by atoms with van der Waals surface area (Å²) < 4.78 is 10.3. The molecule has 0 fully saturated rings. The van der Waals surface area contributed by atoms with Crippen LogP contribution in [0.15, 0.2) is 18.2 Å². The fraction of sp³-hybridized carbons (Fsp3) is 0.462. The summed E-state index contributed by atoms with van der Waals surface area (Å²) in [4.78, 5) is 10.5. The summed E-state index contributed by atoms with van der Waals surface area (Å²) in [6, 6.07) is 4.81. The van der Waals surface area contributed by atoms with Gasteiger partial charge in [0.05, 0.1) is 14.2 Å². The number of carboxylic acids is 1. The topological polar surface area (TPSA) is 93.8 Å². The van der Waals surface area contributed by atoms with Crippen LogP contribution in [0.5, 0.6) is 11.5 Å². The minimum absolute atomic E-state index is 0.391. The lowest BCUT2D eigenvalue weighted by atomic mass is 10.2. The molecule has 4 N–H and O–H groups in total. The largest absolute Gasteiger partial charge is 0.493 e. The maximum Gasteiger partial charge on any atom is 0.320 e. The predicted molar refractivity (Wildman–Crippen MR) is 71.5 cm³/mol. The first-order valence-corrected chi connectivity index (χ1v) is 5.98. The molecule has 6 nitrogen and oxygen atoms in total. The molecule has 1 aromatic carbocycles. The molecule has 0 amide bonds. The van der Waals surface area contributed by atoms with Gasteiger partial charge < -0.3 is 25.6 Å². The number of benzene rings is 1. The molecule has 106 valence electrons. The summed E-state index contributed by atoms with van der Waals surface area (Å²) in [5.74, 6) is 0.371. The Morgan fingerprint density at radius 1 is 1.37 bits per heavy atom. The summed E-state index contributed by atoms with van der Waals surface area (Å²) in [7, 11) is 3.17. The number of methoxy groups -OCH3 is 2. The molecule has 19 heavy (non-hydrogen) atoms. The average Bonchev–Trinajstić information content (AvgIpc) is 2.42. The maximum absolute atomic E-state index is 10.5. The van der Waals surface area contributed by atoms with Gasteiger partial charge in [0.2, 0.25) is 0 Å². The Morgan fingerprint density at radius 3 is 2.63 bits per heavy atom. The van der Waals surface area contributed by atoms with Crippen LogP contribution >= 0.6 is 0 Å². The van der Waals surface area contributed by atoms with E-state index in [1.165, 1.54) is 0 Å².